The van der Waals surface area contributed by atoms with Gasteiger partial charge in [-0.15, -0.1) is 0 Å². The van der Waals surface area contributed by atoms with Crippen LogP contribution in [0.2, 0.25) is 0 Å². The van der Waals surface area contributed by atoms with Gasteiger partial charge in [-0.2, -0.15) is 13.2 Å². The Morgan fingerprint density at radius 1 is 1.29 bits per heavy atom. The van der Waals surface area contributed by atoms with Crippen LogP contribution in [-0.2, 0) is 10.9 Å². The van der Waals surface area contributed by atoms with Crippen molar-refractivity contribution >= 4 is 11.8 Å². The molecule has 1 amide bonds. The Kier molecular flexibility index (Phi) is 4.92. The van der Waals surface area contributed by atoms with Gasteiger partial charge in [0, 0.05) is 12.7 Å². The summed E-state index contributed by atoms with van der Waals surface area (Å²) in [5.41, 5.74) is -0.673. The lowest BCUT2D eigenvalue weighted by atomic mass is 10.0. The van der Waals surface area contributed by atoms with Crippen molar-refractivity contribution in [1.29, 1.82) is 0 Å². The first-order valence-electron chi connectivity index (χ1n) is 7.71. The summed E-state index contributed by atoms with van der Waals surface area (Å²) in [4.78, 5) is 17.7. The lowest BCUT2D eigenvalue weighted by Crippen LogP contribution is -2.40. The van der Waals surface area contributed by atoms with Crippen LogP contribution in [0.1, 0.15) is 45.4 Å². The molecule has 7 heteroatoms. The van der Waals surface area contributed by atoms with E-state index in [0.717, 1.165) is 18.7 Å². The number of carbonyl (C=O) groups is 1. The molecule has 0 bridgehead atoms. The van der Waals surface area contributed by atoms with Gasteiger partial charge in [0.15, 0.2) is 0 Å². The average molecular weight is 342 g/mol. The van der Waals surface area contributed by atoms with E-state index in [1.807, 2.05) is 13.0 Å². The van der Waals surface area contributed by atoms with Crippen LogP contribution in [0.4, 0.5) is 18.0 Å². The predicted octanol–water partition coefficient (Wildman–Crippen LogP) is 4.72. The van der Waals surface area contributed by atoms with E-state index in [-0.39, 0.29) is 5.92 Å². The molecule has 0 aliphatic carbocycles. The zero-order chi connectivity index (χ0) is 18.1. The molecule has 1 atom stereocenters. The molecule has 0 spiro atoms. The number of carbonyl (C=O) groups excluding carboxylic acids is 1. The van der Waals surface area contributed by atoms with Crippen molar-refractivity contribution in [3.05, 3.63) is 35.7 Å². The van der Waals surface area contributed by atoms with Crippen LogP contribution in [0.3, 0.4) is 0 Å². The zero-order valence-electron chi connectivity index (χ0n) is 14.1. The number of allylic oxidation sites excluding steroid dienone is 1. The molecule has 1 unspecified atom stereocenters. The van der Waals surface area contributed by atoms with E-state index in [0.29, 0.717) is 17.9 Å². The summed E-state index contributed by atoms with van der Waals surface area (Å²) in [6, 6.07) is 2.25. The van der Waals surface area contributed by atoms with E-state index >= 15 is 0 Å². The number of amides is 1. The van der Waals surface area contributed by atoms with Crippen molar-refractivity contribution in [3.63, 3.8) is 0 Å². The van der Waals surface area contributed by atoms with Gasteiger partial charge < -0.3 is 4.74 Å². The SMILES string of the molecule is CC1CC=C(c2ccc(C(F)(F)F)cn2)N(C(=O)OC(C)(C)C)C1. The first kappa shape index (κ1) is 18.3. The molecule has 1 aromatic rings. The first-order chi connectivity index (χ1) is 11.0. The Labute approximate surface area is 139 Å². The average Bonchev–Trinajstić information content (AvgIpc) is 2.44. The van der Waals surface area contributed by atoms with Crippen molar-refractivity contribution < 1.29 is 22.7 Å². The van der Waals surface area contributed by atoms with Crippen LogP contribution in [0.15, 0.2) is 24.4 Å². The smallest absolute Gasteiger partial charge is 0.417 e. The Balaban J connectivity index is 2.30. The van der Waals surface area contributed by atoms with E-state index in [1.54, 1.807) is 20.8 Å². The van der Waals surface area contributed by atoms with Crippen LogP contribution in [0.25, 0.3) is 5.70 Å². The minimum atomic E-state index is -4.44. The summed E-state index contributed by atoms with van der Waals surface area (Å²) >= 11 is 0. The number of hydrogen-bond donors (Lipinski definition) is 0. The largest absolute Gasteiger partial charge is 0.443 e. The minimum absolute atomic E-state index is 0.232. The van der Waals surface area contributed by atoms with E-state index in [1.165, 1.54) is 11.0 Å². The van der Waals surface area contributed by atoms with Crippen molar-refractivity contribution in [1.82, 2.24) is 9.88 Å². The van der Waals surface area contributed by atoms with Gasteiger partial charge in [0.05, 0.1) is 17.0 Å². The van der Waals surface area contributed by atoms with E-state index in [9.17, 15) is 18.0 Å². The van der Waals surface area contributed by atoms with Crippen LogP contribution < -0.4 is 0 Å². The zero-order valence-corrected chi connectivity index (χ0v) is 14.1. The number of aromatic nitrogens is 1. The quantitative estimate of drug-likeness (QED) is 0.742. The number of rotatable bonds is 1. The number of ether oxygens (including phenoxy) is 1. The van der Waals surface area contributed by atoms with Gasteiger partial charge in [-0.25, -0.2) is 4.79 Å². The Hall–Kier alpha value is -2.05. The predicted molar refractivity (Wildman–Crippen MR) is 83.9 cm³/mol. The van der Waals surface area contributed by atoms with Gasteiger partial charge in [0.2, 0.25) is 0 Å². The molecule has 2 heterocycles. The van der Waals surface area contributed by atoms with Crippen LogP contribution >= 0.6 is 0 Å². The maximum Gasteiger partial charge on any atom is 0.417 e. The molecular formula is C17H21F3N2O2. The molecule has 0 radical (unpaired) electrons. The summed E-state index contributed by atoms with van der Waals surface area (Å²) < 4.78 is 43.4. The molecule has 1 aromatic heterocycles. The molecule has 24 heavy (non-hydrogen) atoms. The highest BCUT2D eigenvalue weighted by atomic mass is 19.4. The van der Waals surface area contributed by atoms with Crippen molar-refractivity contribution in [2.24, 2.45) is 5.92 Å². The van der Waals surface area contributed by atoms with Crippen molar-refractivity contribution in [3.8, 4) is 0 Å². The van der Waals surface area contributed by atoms with E-state index < -0.39 is 23.4 Å². The third-order valence-corrected chi connectivity index (χ3v) is 3.47. The third kappa shape index (κ3) is 4.49. The van der Waals surface area contributed by atoms with Gasteiger partial charge in [0.25, 0.3) is 0 Å². The monoisotopic (exact) mass is 342 g/mol. The second-order valence-electron chi connectivity index (χ2n) is 6.95. The van der Waals surface area contributed by atoms with Gasteiger partial charge in [-0.1, -0.05) is 13.0 Å². The van der Waals surface area contributed by atoms with E-state index in [4.69, 9.17) is 4.74 Å². The fourth-order valence-electron chi connectivity index (χ4n) is 2.35. The number of pyridine rings is 1. The maximum atomic E-state index is 12.7. The van der Waals surface area contributed by atoms with Gasteiger partial charge in [-0.05, 0) is 45.2 Å². The lowest BCUT2D eigenvalue weighted by Gasteiger charge is -2.33. The highest BCUT2D eigenvalue weighted by Crippen LogP contribution is 2.31. The van der Waals surface area contributed by atoms with Crippen molar-refractivity contribution in [2.75, 3.05) is 6.54 Å². The highest BCUT2D eigenvalue weighted by molar-refractivity contribution is 5.82. The maximum absolute atomic E-state index is 12.7. The second kappa shape index (κ2) is 6.45. The third-order valence-electron chi connectivity index (χ3n) is 3.47. The Morgan fingerprint density at radius 3 is 2.46 bits per heavy atom. The number of alkyl halides is 3. The fraction of sp³-hybridized carbons (Fsp3) is 0.529. The fourth-order valence-corrected chi connectivity index (χ4v) is 2.35. The molecule has 1 aliphatic heterocycles. The number of halogens is 3. The van der Waals surface area contributed by atoms with Gasteiger partial charge in [0.1, 0.15) is 5.60 Å². The minimum Gasteiger partial charge on any atom is -0.443 e. The van der Waals surface area contributed by atoms with Crippen LogP contribution in [0, 0.1) is 5.92 Å². The summed E-state index contributed by atoms with van der Waals surface area (Å²) in [6.07, 6.45) is -1.65. The molecular weight excluding hydrogens is 321 g/mol. The van der Waals surface area contributed by atoms with Gasteiger partial charge in [-0.3, -0.25) is 9.88 Å². The molecule has 0 aromatic carbocycles. The normalized spacial score (nSPS) is 19.0. The molecule has 4 nitrogen and oxygen atoms in total. The summed E-state index contributed by atoms with van der Waals surface area (Å²) in [6.45, 7) is 7.71. The topological polar surface area (TPSA) is 42.4 Å². The molecule has 1 aliphatic rings. The molecule has 0 saturated heterocycles. The van der Waals surface area contributed by atoms with Crippen LogP contribution in [0.5, 0.6) is 0 Å². The molecule has 0 fully saturated rings. The standard InChI is InChI=1S/C17H21F3N2O2/c1-11-5-8-14(22(10-11)15(23)24-16(2,3)4)13-7-6-12(9-21-13)17(18,19)20/h6-9,11H,5,10H2,1-4H3. The van der Waals surface area contributed by atoms with Gasteiger partial charge >= 0.3 is 12.3 Å². The lowest BCUT2D eigenvalue weighted by molar-refractivity contribution is -0.137. The van der Waals surface area contributed by atoms with Crippen LogP contribution in [-0.4, -0.2) is 28.1 Å². The first-order valence-corrected chi connectivity index (χ1v) is 7.71. The summed E-state index contributed by atoms with van der Waals surface area (Å²) in [5.74, 6) is 0.232. The number of nitrogens with zero attached hydrogens (tertiary/aromatic N) is 2. The second-order valence-corrected chi connectivity index (χ2v) is 6.95. The Morgan fingerprint density at radius 2 is 1.96 bits per heavy atom. The molecule has 132 valence electrons. The summed E-state index contributed by atoms with van der Waals surface area (Å²) in [5, 5.41) is 0. The molecule has 2 rings (SSSR count). The molecule has 0 N–H and O–H groups in total. The van der Waals surface area contributed by atoms with E-state index in [2.05, 4.69) is 4.98 Å². The summed E-state index contributed by atoms with van der Waals surface area (Å²) in [7, 11) is 0. The highest BCUT2D eigenvalue weighted by Gasteiger charge is 2.32. The Bertz CT molecular complexity index is 631. The number of hydrogen-bond acceptors (Lipinski definition) is 3. The van der Waals surface area contributed by atoms with Crippen molar-refractivity contribution in [2.45, 2.75) is 45.9 Å². The molecule has 0 saturated carbocycles.